The molecule has 0 saturated heterocycles. The smallest absolute Gasteiger partial charge is 0.454 e. The van der Waals surface area contributed by atoms with Gasteiger partial charge in [-0.15, -0.1) is 26.3 Å². The van der Waals surface area contributed by atoms with E-state index in [1.165, 1.54) is 0 Å². The Hall–Kier alpha value is -2.13. The molecular formula is C15H16F6O4. The van der Waals surface area contributed by atoms with Gasteiger partial charge in [0.1, 0.15) is 17.1 Å². The molecule has 25 heavy (non-hydrogen) atoms. The number of esters is 1. The molecule has 0 amide bonds. The number of carbonyl (C=O) groups excluding carboxylic acids is 1. The number of hydrogen-bond acceptors (Lipinski definition) is 4. The summed E-state index contributed by atoms with van der Waals surface area (Å²) in [7, 11) is 0. The lowest BCUT2D eigenvalue weighted by atomic mass is 9.88. The molecule has 0 unspecified atom stereocenters. The second kappa shape index (κ2) is 7.40. The maximum atomic E-state index is 12.4. The number of rotatable bonds is 6. The van der Waals surface area contributed by atoms with Crippen molar-refractivity contribution in [2.24, 2.45) is 0 Å². The first-order valence-electron chi connectivity index (χ1n) is 7.17. The minimum Gasteiger partial charge on any atom is -0.454 e. The second-order valence-corrected chi connectivity index (χ2v) is 5.08. The van der Waals surface area contributed by atoms with Crippen molar-refractivity contribution in [1.82, 2.24) is 0 Å². The lowest BCUT2D eigenvalue weighted by Gasteiger charge is -2.32. The molecule has 0 heterocycles. The standard InChI is InChI=1S/C15H16F6O4/c1-4-13(5-2,23-9(3)22)10-6-11(24-14(16,17)18)8-12(7-10)25-15(19,20)21/h6-8H,4-5H2,1-3H3. The third kappa shape index (κ3) is 6.35. The van der Waals surface area contributed by atoms with E-state index >= 15 is 0 Å². The molecule has 0 spiro atoms. The van der Waals surface area contributed by atoms with Crippen molar-refractivity contribution in [1.29, 1.82) is 0 Å². The molecule has 0 radical (unpaired) electrons. The molecule has 0 aromatic heterocycles. The van der Waals surface area contributed by atoms with Crippen LogP contribution in [0.2, 0.25) is 0 Å². The van der Waals surface area contributed by atoms with E-state index in [1.807, 2.05) is 0 Å². The molecular weight excluding hydrogens is 358 g/mol. The normalized spacial score (nSPS) is 12.7. The first kappa shape index (κ1) is 20.9. The first-order chi connectivity index (χ1) is 11.3. The van der Waals surface area contributed by atoms with Gasteiger partial charge < -0.3 is 14.2 Å². The summed E-state index contributed by atoms with van der Waals surface area (Å²) in [6.45, 7) is 4.24. The molecule has 4 nitrogen and oxygen atoms in total. The van der Waals surface area contributed by atoms with E-state index in [0.717, 1.165) is 19.1 Å². The van der Waals surface area contributed by atoms with Crippen LogP contribution < -0.4 is 9.47 Å². The van der Waals surface area contributed by atoms with Crippen molar-refractivity contribution in [2.45, 2.75) is 51.9 Å². The summed E-state index contributed by atoms with van der Waals surface area (Å²) in [5, 5.41) is 0. The van der Waals surface area contributed by atoms with Crippen LogP contribution in [0.25, 0.3) is 0 Å². The largest absolute Gasteiger partial charge is 0.573 e. The molecule has 10 heteroatoms. The predicted molar refractivity (Wildman–Crippen MR) is 73.8 cm³/mol. The Morgan fingerprint density at radius 3 is 1.56 bits per heavy atom. The van der Waals surface area contributed by atoms with E-state index in [1.54, 1.807) is 13.8 Å². The van der Waals surface area contributed by atoms with Crippen molar-refractivity contribution >= 4 is 5.97 Å². The fraction of sp³-hybridized carbons (Fsp3) is 0.533. The third-order valence-corrected chi connectivity index (χ3v) is 3.35. The Bertz CT molecular complexity index is 571. The van der Waals surface area contributed by atoms with Crippen LogP contribution in [-0.4, -0.2) is 18.7 Å². The zero-order valence-corrected chi connectivity index (χ0v) is 13.5. The van der Waals surface area contributed by atoms with E-state index in [-0.39, 0.29) is 18.4 Å². The van der Waals surface area contributed by atoms with Gasteiger partial charge in [-0.05, 0) is 25.0 Å². The Morgan fingerprint density at radius 1 is 0.880 bits per heavy atom. The van der Waals surface area contributed by atoms with Crippen molar-refractivity contribution in [3.63, 3.8) is 0 Å². The van der Waals surface area contributed by atoms with Gasteiger partial charge in [0.2, 0.25) is 0 Å². The number of alkyl halides is 6. The van der Waals surface area contributed by atoms with Gasteiger partial charge in [0, 0.05) is 18.6 Å². The number of halogens is 6. The van der Waals surface area contributed by atoms with Gasteiger partial charge in [-0.2, -0.15) is 0 Å². The quantitative estimate of drug-likeness (QED) is 0.516. The van der Waals surface area contributed by atoms with Crippen LogP contribution in [0.4, 0.5) is 26.3 Å². The number of hydrogen-bond donors (Lipinski definition) is 0. The minimum absolute atomic E-state index is 0.103. The topological polar surface area (TPSA) is 44.8 Å². The summed E-state index contributed by atoms with van der Waals surface area (Å²) in [5.41, 5.74) is -1.52. The average molecular weight is 374 g/mol. The number of benzene rings is 1. The van der Waals surface area contributed by atoms with Crippen LogP contribution in [0.3, 0.4) is 0 Å². The van der Waals surface area contributed by atoms with Gasteiger partial charge >= 0.3 is 18.7 Å². The van der Waals surface area contributed by atoms with Crippen LogP contribution in [-0.2, 0) is 15.1 Å². The third-order valence-electron chi connectivity index (χ3n) is 3.35. The van der Waals surface area contributed by atoms with Crippen molar-refractivity contribution in [2.75, 3.05) is 0 Å². The number of carbonyl (C=O) groups is 1. The fourth-order valence-corrected chi connectivity index (χ4v) is 2.36. The van der Waals surface area contributed by atoms with Crippen LogP contribution >= 0.6 is 0 Å². The monoisotopic (exact) mass is 374 g/mol. The van der Waals surface area contributed by atoms with Crippen LogP contribution in [0.1, 0.15) is 39.2 Å². The van der Waals surface area contributed by atoms with E-state index in [4.69, 9.17) is 4.74 Å². The summed E-state index contributed by atoms with van der Waals surface area (Å²) in [6.07, 6.45) is -10.00. The minimum atomic E-state index is -5.11. The molecule has 142 valence electrons. The van der Waals surface area contributed by atoms with E-state index in [2.05, 4.69) is 9.47 Å². The zero-order chi connectivity index (χ0) is 19.5. The van der Waals surface area contributed by atoms with Gasteiger partial charge in [0.25, 0.3) is 0 Å². The highest BCUT2D eigenvalue weighted by Gasteiger charge is 2.37. The summed E-state index contributed by atoms with van der Waals surface area (Å²) in [6, 6.07) is 2.19. The van der Waals surface area contributed by atoms with E-state index in [0.29, 0.717) is 6.07 Å². The highest BCUT2D eigenvalue weighted by atomic mass is 19.4. The maximum absolute atomic E-state index is 12.4. The lowest BCUT2D eigenvalue weighted by Crippen LogP contribution is -2.31. The molecule has 1 aromatic carbocycles. The Kier molecular flexibility index (Phi) is 6.19. The van der Waals surface area contributed by atoms with Gasteiger partial charge in [0.05, 0.1) is 0 Å². The van der Waals surface area contributed by atoms with Crippen molar-refractivity contribution in [3.05, 3.63) is 23.8 Å². The highest BCUT2D eigenvalue weighted by Crippen LogP contribution is 2.39. The maximum Gasteiger partial charge on any atom is 0.573 e. The van der Waals surface area contributed by atoms with Gasteiger partial charge in [-0.3, -0.25) is 4.79 Å². The van der Waals surface area contributed by atoms with E-state index in [9.17, 15) is 31.1 Å². The van der Waals surface area contributed by atoms with Crippen molar-refractivity contribution in [3.8, 4) is 11.5 Å². The molecule has 1 aromatic rings. The molecule has 0 saturated carbocycles. The van der Waals surface area contributed by atoms with Gasteiger partial charge in [-0.25, -0.2) is 0 Å². The molecule has 0 bridgehead atoms. The molecule has 0 fully saturated rings. The average Bonchev–Trinajstić information content (AvgIpc) is 2.40. The first-order valence-corrected chi connectivity index (χ1v) is 7.17. The van der Waals surface area contributed by atoms with Crippen molar-refractivity contribution < 1.29 is 45.3 Å². The lowest BCUT2D eigenvalue weighted by molar-refractivity contribution is -0.276. The molecule has 0 aliphatic rings. The van der Waals surface area contributed by atoms with Gasteiger partial charge in [-0.1, -0.05) is 13.8 Å². The molecule has 0 aliphatic carbocycles. The zero-order valence-electron chi connectivity index (χ0n) is 13.5. The van der Waals surface area contributed by atoms with Crippen LogP contribution in [0.15, 0.2) is 18.2 Å². The Labute approximate surface area is 139 Å². The fourth-order valence-electron chi connectivity index (χ4n) is 2.36. The Morgan fingerprint density at radius 2 is 1.28 bits per heavy atom. The van der Waals surface area contributed by atoms with E-state index < -0.39 is 35.8 Å². The summed E-state index contributed by atoms with van der Waals surface area (Å²) in [4.78, 5) is 11.3. The molecule has 1 rings (SSSR count). The summed E-state index contributed by atoms with van der Waals surface area (Å²) < 4.78 is 87.2. The highest BCUT2D eigenvalue weighted by molar-refractivity contribution is 5.67. The summed E-state index contributed by atoms with van der Waals surface area (Å²) >= 11 is 0. The molecule has 0 atom stereocenters. The van der Waals surface area contributed by atoms with Gasteiger partial charge in [0.15, 0.2) is 0 Å². The molecule has 0 N–H and O–H groups in total. The van der Waals surface area contributed by atoms with Crippen LogP contribution in [0, 0.1) is 0 Å². The summed E-state index contributed by atoms with van der Waals surface area (Å²) in [5.74, 6) is -2.56. The SMILES string of the molecule is CCC(CC)(OC(C)=O)c1cc(OC(F)(F)F)cc(OC(F)(F)F)c1. The molecule has 0 aliphatic heterocycles. The Balaban J connectivity index is 3.47. The predicted octanol–water partition coefficient (Wildman–Crippen LogP) is 5.06. The van der Waals surface area contributed by atoms with Crippen LogP contribution in [0.5, 0.6) is 11.5 Å². The second-order valence-electron chi connectivity index (χ2n) is 5.08. The number of ether oxygens (including phenoxy) is 3.